The molecule has 6 heteroatoms. The number of nitrogens with one attached hydrogen (secondary N) is 1. The van der Waals surface area contributed by atoms with E-state index in [9.17, 15) is 4.79 Å². The average Bonchev–Trinajstić information content (AvgIpc) is 2.92. The number of amides is 1. The van der Waals surface area contributed by atoms with Gasteiger partial charge in [-0.15, -0.1) is 11.3 Å². The van der Waals surface area contributed by atoms with E-state index in [0.717, 1.165) is 30.0 Å². The summed E-state index contributed by atoms with van der Waals surface area (Å²) >= 11 is 1.62. The molecule has 2 aromatic rings. The summed E-state index contributed by atoms with van der Waals surface area (Å²) in [5.74, 6) is 0.239. The first-order valence-electron chi connectivity index (χ1n) is 7.10. The second kappa shape index (κ2) is 7.17. The number of carbonyl (C=O) groups is 1. The molecular weight excluding hydrogens is 284 g/mol. The van der Waals surface area contributed by atoms with Gasteiger partial charge in [0.05, 0.1) is 6.54 Å². The van der Waals surface area contributed by atoms with Gasteiger partial charge in [-0.3, -0.25) is 4.79 Å². The van der Waals surface area contributed by atoms with Gasteiger partial charge in [0.2, 0.25) is 0 Å². The molecule has 2 rings (SSSR count). The van der Waals surface area contributed by atoms with Crippen molar-refractivity contribution >= 4 is 23.1 Å². The highest BCUT2D eigenvalue weighted by Crippen LogP contribution is 2.14. The minimum Gasteiger partial charge on any atom is -0.384 e. The van der Waals surface area contributed by atoms with E-state index in [0.29, 0.717) is 17.9 Å². The van der Waals surface area contributed by atoms with Gasteiger partial charge >= 0.3 is 0 Å². The Labute approximate surface area is 128 Å². The Bertz CT molecular complexity index is 624. The van der Waals surface area contributed by atoms with Gasteiger partial charge in [0, 0.05) is 22.3 Å². The molecule has 0 spiro atoms. The molecule has 3 N–H and O–H groups in total. The van der Waals surface area contributed by atoms with Gasteiger partial charge < -0.3 is 11.1 Å². The lowest BCUT2D eigenvalue weighted by Gasteiger charge is -2.06. The van der Waals surface area contributed by atoms with Gasteiger partial charge in [-0.1, -0.05) is 20.3 Å². The smallest absolute Gasteiger partial charge is 0.251 e. The molecule has 0 saturated carbocycles. The van der Waals surface area contributed by atoms with Crippen LogP contribution in [-0.4, -0.2) is 15.9 Å². The Morgan fingerprint density at radius 3 is 2.86 bits per heavy atom. The van der Waals surface area contributed by atoms with Crippen LogP contribution >= 0.6 is 11.3 Å². The standard InChI is InChI=1S/C15H20N4OS/c1-3-5-11-6-10(7-13(16)19-11)15(20)18-9-14-17-8-12(4-2)21-14/h6-8H,3-5,9H2,1-2H3,(H2,16,19)(H,18,20). The van der Waals surface area contributed by atoms with Crippen molar-refractivity contribution in [2.24, 2.45) is 0 Å². The molecule has 0 fully saturated rings. The summed E-state index contributed by atoms with van der Waals surface area (Å²) in [6.07, 6.45) is 4.61. The highest BCUT2D eigenvalue weighted by Gasteiger charge is 2.10. The topological polar surface area (TPSA) is 80.9 Å². The van der Waals surface area contributed by atoms with Crippen molar-refractivity contribution < 1.29 is 4.79 Å². The molecule has 0 bridgehead atoms. The number of hydrogen-bond donors (Lipinski definition) is 2. The van der Waals surface area contributed by atoms with E-state index in [1.807, 2.05) is 6.20 Å². The highest BCUT2D eigenvalue weighted by molar-refractivity contribution is 7.11. The van der Waals surface area contributed by atoms with Crippen LogP contribution in [0.5, 0.6) is 0 Å². The van der Waals surface area contributed by atoms with Crippen LogP contribution < -0.4 is 11.1 Å². The molecule has 2 aromatic heterocycles. The first-order valence-corrected chi connectivity index (χ1v) is 7.92. The van der Waals surface area contributed by atoms with E-state index >= 15 is 0 Å². The first-order chi connectivity index (χ1) is 10.1. The van der Waals surface area contributed by atoms with E-state index < -0.39 is 0 Å². The lowest BCUT2D eigenvalue weighted by molar-refractivity contribution is 0.0950. The van der Waals surface area contributed by atoms with Crippen LogP contribution in [0.3, 0.4) is 0 Å². The van der Waals surface area contributed by atoms with E-state index in [1.165, 1.54) is 4.88 Å². The second-order valence-corrected chi connectivity index (χ2v) is 5.98. The summed E-state index contributed by atoms with van der Waals surface area (Å²) in [6.45, 7) is 4.60. The van der Waals surface area contributed by atoms with Gasteiger partial charge in [0.15, 0.2) is 0 Å². The number of aromatic nitrogens is 2. The molecule has 0 atom stereocenters. The molecule has 0 radical (unpaired) electrons. The predicted molar refractivity (Wildman–Crippen MR) is 85.3 cm³/mol. The largest absolute Gasteiger partial charge is 0.384 e. The molecule has 5 nitrogen and oxygen atoms in total. The number of thiazole rings is 1. The highest BCUT2D eigenvalue weighted by atomic mass is 32.1. The minimum absolute atomic E-state index is 0.144. The zero-order chi connectivity index (χ0) is 15.2. The Kier molecular flexibility index (Phi) is 5.27. The third-order valence-corrected chi connectivity index (χ3v) is 4.16. The van der Waals surface area contributed by atoms with Gasteiger partial charge in [0.1, 0.15) is 10.8 Å². The number of hydrogen-bond acceptors (Lipinski definition) is 5. The number of pyridine rings is 1. The SMILES string of the molecule is CCCc1cc(C(=O)NCc2ncc(CC)s2)cc(N)n1. The fraction of sp³-hybridized carbons (Fsp3) is 0.400. The number of anilines is 1. The van der Waals surface area contributed by atoms with Crippen molar-refractivity contribution in [2.45, 2.75) is 39.7 Å². The van der Waals surface area contributed by atoms with Gasteiger partial charge in [-0.25, -0.2) is 9.97 Å². The van der Waals surface area contributed by atoms with Crippen molar-refractivity contribution in [3.8, 4) is 0 Å². The van der Waals surface area contributed by atoms with Crippen molar-refractivity contribution in [3.05, 3.63) is 39.5 Å². The van der Waals surface area contributed by atoms with Crippen LogP contribution in [0.1, 0.15) is 46.2 Å². The van der Waals surface area contributed by atoms with Crippen molar-refractivity contribution in [2.75, 3.05) is 5.73 Å². The maximum atomic E-state index is 12.2. The summed E-state index contributed by atoms with van der Waals surface area (Å²) < 4.78 is 0. The fourth-order valence-electron chi connectivity index (χ4n) is 1.98. The van der Waals surface area contributed by atoms with Crippen molar-refractivity contribution in [3.63, 3.8) is 0 Å². The molecule has 2 heterocycles. The molecule has 0 aliphatic rings. The lowest BCUT2D eigenvalue weighted by atomic mass is 10.1. The number of carbonyl (C=O) groups excluding carboxylic acids is 1. The maximum Gasteiger partial charge on any atom is 0.251 e. The Morgan fingerprint density at radius 1 is 1.38 bits per heavy atom. The Morgan fingerprint density at radius 2 is 2.19 bits per heavy atom. The van der Waals surface area contributed by atoms with Crippen LogP contribution in [0.2, 0.25) is 0 Å². The number of nitrogens with zero attached hydrogens (tertiary/aromatic N) is 2. The summed E-state index contributed by atoms with van der Waals surface area (Å²) in [5.41, 5.74) is 7.16. The van der Waals surface area contributed by atoms with Crippen LogP contribution in [0.4, 0.5) is 5.82 Å². The molecule has 112 valence electrons. The zero-order valence-electron chi connectivity index (χ0n) is 12.3. The normalized spacial score (nSPS) is 10.6. The van der Waals surface area contributed by atoms with Crippen molar-refractivity contribution in [1.82, 2.24) is 15.3 Å². The molecule has 21 heavy (non-hydrogen) atoms. The van der Waals surface area contributed by atoms with E-state index in [-0.39, 0.29) is 5.91 Å². The quantitative estimate of drug-likeness (QED) is 0.859. The Balaban J connectivity index is 2.02. The van der Waals surface area contributed by atoms with Gasteiger partial charge in [0.25, 0.3) is 5.91 Å². The van der Waals surface area contributed by atoms with Gasteiger partial charge in [-0.05, 0) is 25.0 Å². The summed E-state index contributed by atoms with van der Waals surface area (Å²) in [5, 5.41) is 3.79. The summed E-state index contributed by atoms with van der Waals surface area (Å²) in [7, 11) is 0. The number of aryl methyl sites for hydroxylation is 2. The van der Waals surface area contributed by atoms with Crippen molar-refractivity contribution in [1.29, 1.82) is 0 Å². The predicted octanol–water partition coefficient (Wildman–Crippen LogP) is 2.57. The number of rotatable bonds is 6. The van der Waals surface area contributed by atoms with Crippen LogP contribution in [0.15, 0.2) is 18.3 Å². The monoisotopic (exact) mass is 304 g/mol. The van der Waals surface area contributed by atoms with E-state index in [4.69, 9.17) is 5.73 Å². The fourth-order valence-corrected chi connectivity index (χ4v) is 2.78. The molecule has 1 amide bonds. The molecule has 0 unspecified atom stereocenters. The molecule has 0 aliphatic heterocycles. The van der Waals surface area contributed by atoms with Crippen LogP contribution in [0.25, 0.3) is 0 Å². The number of nitrogens with two attached hydrogens (primary N) is 1. The summed E-state index contributed by atoms with van der Waals surface area (Å²) in [4.78, 5) is 21.9. The molecule has 0 aliphatic carbocycles. The Hall–Kier alpha value is -1.95. The molecule has 0 aromatic carbocycles. The summed E-state index contributed by atoms with van der Waals surface area (Å²) in [6, 6.07) is 3.41. The van der Waals surface area contributed by atoms with E-state index in [2.05, 4.69) is 29.1 Å². The minimum atomic E-state index is -0.144. The lowest BCUT2D eigenvalue weighted by Crippen LogP contribution is -2.23. The average molecular weight is 304 g/mol. The third kappa shape index (κ3) is 4.26. The zero-order valence-corrected chi connectivity index (χ0v) is 13.2. The van der Waals surface area contributed by atoms with E-state index in [1.54, 1.807) is 23.5 Å². The van der Waals surface area contributed by atoms with Gasteiger partial charge in [-0.2, -0.15) is 0 Å². The first kappa shape index (κ1) is 15.4. The van der Waals surface area contributed by atoms with Crippen LogP contribution in [0, 0.1) is 0 Å². The maximum absolute atomic E-state index is 12.2. The third-order valence-electron chi connectivity index (χ3n) is 3.02. The molecule has 0 saturated heterocycles. The van der Waals surface area contributed by atoms with Crippen LogP contribution in [-0.2, 0) is 19.4 Å². The molecular formula is C15H20N4OS. The number of nitrogen functional groups attached to an aromatic ring is 1. The second-order valence-electron chi connectivity index (χ2n) is 4.78.